The van der Waals surface area contributed by atoms with Crippen molar-refractivity contribution in [3.05, 3.63) is 30.3 Å². The second kappa shape index (κ2) is 7.55. The first kappa shape index (κ1) is 16.0. The zero-order chi connectivity index (χ0) is 14.3. The van der Waals surface area contributed by atoms with Gasteiger partial charge in [0.15, 0.2) is 0 Å². The number of halogens is 1. The molecule has 0 aliphatic heterocycles. The maximum atomic E-state index is 8.83. The Kier molecular flexibility index (Phi) is 6.37. The number of benzene rings is 1. The van der Waals surface area contributed by atoms with Gasteiger partial charge < -0.3 is 4.90 Å². The molecule has 0 spiro atoms. The number of para-hydroxylation sites is 1. The first-order valence-electron chi connectivity index (χ1n) is 6.72. The quantitative estimate of drug-likeness (QED) is 0.723. The van der Waals surface area contributed by atoms with Crippen LogP contribution in [0.1, 0.15) is 27.2 Å². The second-order valence-electron chi connectivity index (χ2n) is 5.91. The molecule has 104 valence electrons. The molecule has 0 radical (unpaired) electrons. The van der Waals surface area contributed by atoms with Gasteiger partial charge in [-0.1, -0.05) is 54.9 Å². The third-order valence-corrected chi connectivity index (χ3v) is 4.25. The van der Waals surface area contributed by atoms with Gasteiger partial charge in [-0.3, -0.25) is 0 Å². The molecular formula is C16H23BrN2. The van der Waals surface area contributed by atoms with Gasteiger partial charge in [-0.25, -0.2) is 0 Å². The van der Waals surface area contributed by atoms with Crippen LogP contribution < -0.4 is 4.90 Å². The van der Waals surface area contributed by atoms with Gasteiger partial charge in [0.2, 0.25) is 0 Å². The van der Waals surface area contributed by atoms with Crippen molar-refractivity contribution >= 4 is 21.6 Å². The highest BCUT2D eigenvalue weighted by atomic mass is 79.9. The average molecular weight is 323 g/mol. The van der Waals surface area contributed by atoms with Crippen LogP contribution in [0.15, 0.2) is 30.3 Å². The lowest BCUT2D eigenvalue weighted by Crippen LogP contribution is -2.37. The minimum Gasteiger partial charge on any atom is -0.370 e. The number of nitrogens with zero attached hydrogens (tertiary/aromatic N) is 2. The molecule has 0 saturated heterocycles. The van der Waals surface area contributed by atoms with Crippen molar-refractivity contribution in [1.29, 1.82) is 5.26 Å². The topological polar surface area (TPSA) is 27.0 Å². The Labute approximate surface area is 125 Å². The van der Waals surface area contributed by atoms with Crippen LogP contribution in [0, 0.1) is 22.7 Å². The minimum atomic E-state index is 0.253. The zero-order valence-electron chi connectivity index (χ0n) is 12.1. The van der Waals surface area contributed by atoms with Crippen LogP contribution >= 0.6 is 15.9 Å². The van der Waals surface area contributed by atoms with Crippen LogP contribution in [0.5, 0.6) is 0 Å². The Morgan fingerprint density at radius 1 is 1.26 bits per heavy atom. The molecule has 1 rings (SSSR count). The number of rotatable bonds is 6. The predicted molar refractivity (Wildman–Crippen MR) is 85.6 cm³/mol. The fourth-order valence-corrected chi connectivity index (χ4v) is 3.15. The van der Waals surface area contributed by atoms with Gasteiger partial charge in [0.05, 0.1) is 12.5 Å². The maximum absolute atomic E-state index is 8.83. The van der Waals surface area contributed by atoms with E-state index in [1.165, 1.54) is 5.69 Å². The number of alkyl halides is 1. The van der Waals surface area contributed by atoms with Crippen molar-refractivity contribution in [2.45, 2.75) is 27.2 Å². The molecule has 1 aromatic carbocycles. The zero-order valence-corrected chi connectivity index (χ0v) is 13.7. The molecule has 0 bridgehead atoms. The molecule has 0 fully saturated rings. The van der Waals surface area contributed by atoms with E-state index in [0.717, 1.165) is 18.4 Å². The highest BCUT2D eigenvalue weighted by molar-refractivity contribution is 9.09. The molecule has 0 aromatic heterocycles. The van der Waals surface area contributed by atoms with E-state index < -0.39 is 0 Å². The number of hydrogen-bond acceptors (Lipinski definition) is 2. The smallest absolute Gasteiger partial charge is 0.0640 e. The van der Waals surface area contributed by atoms with Crippen LogP contribution in [-0.4, -0.2) is 18.4 Å². The van der Waals surface area contributed by atoms with Gasteiger partial charge in [-0.15, -0.1) is 0 Å². The van der Waals surface area contributed by atoms with E-state index in [-0.39, 0.29) is 5.41 Å². The van der Waals surface area contributed by atoms with Gasteiger partial charge in [0.25, 0.3) is 0 Å². The highest BCUT2D eigenvalue weighted by Crippen LogP contribution is 2.29. The number of hydrogen-bond donors (Lipinski definition) is 0. The average Bonchev–Trinajstić information content (AvgIpc) is 2.38. The van der Waals surface area contributed by atoms with E-state index in [1.54, 1.807) is 0 Å². The molecule has 1 atom stereocenters. The van der Waals surface area contributed by atoms with Crippen LogP contribution in [0.4, 0.5) is 5.69 Å². The van der Waals surface area contributed by atoms with Crippen molar-refractivity contribution in [3.63, 3.8) is 0 Å². The SMILES string of the molecule is CC(C)(C)C(CBr)CN(CCC#N)c1ccccc1. The van der Waals surface area contributed by atoms with Crippen LogP contribution in [0.25, 0.3) is 0 Å². The summed E-state index contributed by atoms with van der Waals surface area (Å²) in [5.41, 5.74) is 1.45. The van der Waals surface area contributed by atoms with Crippen molar-refractivity contribution in [2.75, 3.05) is 23.3 Å². The predicted octanol–water partition coefficient (Wildman–Crippen LogP) is 4.46. The Bertz CT molecular complexity index is 403. The number of anilines is 1. The lowest BCUT2D eigenvalue weighted by Gasteiger charge is -2.35. The Hall–Kier alpha value is -1.01. The standard InChI is InChI=1S/C16H23BrN2/c1-16(2,3)14(12-17)13-19(11-7-10-18)15-8-5-4-6-9-15/h4-6,8-9,14H,7,11-13H2,1-3H3. The summed E-state index contributed by atoms with van der Waals surface area (Å²) in [6.45, 7) is 8.58. The van der Waals surface area contributed by atoms with E-state index >= 15 is 0 Å². The van der Waals surface area contributed by atoms with Crippen molar-refractivity contribution < 1.29 is 0 Å². The summed E-state index contributed by atoms with van der Waals surface area (Å²) in [4.78, 5) is 2.32. The first-order valence-corrected chi connectivity index (χ1v) is 7.84. The van der Waals surface area contributed by atoms with Crippen molar-refractivity contribution in [1.82, 2.24) is 0 Å². The summed E-state index contributed by atoms with van der Waals surface area (Å²) >= 11 is 3.63. The Morgan fingerprint density at radius 2 is 1.89 bits per heavy atom. The molecule has 0 amide bonds. The fraction of sp³-hybridized carbons (Fsp3) is 0.562. The van der Waals surface area contributed by atoms with Crippen molar-refractivity contribution in [3.8, 4) is 6.07 Å². The van der Waals surface area contributed by atoms with E-state index in [2.05, 4.69) is 71.9 Å². The molecule has 3 heteroatoms. The highest BCUT2D eigenvalue weighted by Gasteiger charge is 2.25. The maximum Gasteiger partial charge on any atom is 0.0640 e. The van der Waals surface area contributed by atoms with E-state index in [9.17, 15) is 0 Å². The molecule has 1 unspecified atom stereocenters. The molecule has 0 aliphatic rings. The fourth-order valence-electron chi connectivity index (χ4n) is 1.97. The van der Waals surface area contributed by atoms with Crippen molar-refractivity contribution in [2.24, 2.45) is 11.3 Å². The van der Waals surface area contributed by atoms with Crippen LogP contribution in [-0.2, 0) is 0 Å². The largest absolute Gasteiger partial charge is 0.370 e. The third kappa shape index (κ3) is 5.24. The van der Waals surface area contributed by atoms with E-state index in [1.807, 2.05) is 6.07 Å². The molecule has 0 heterocycles. The molecule has 2 nitrogen and oxygen atoms in total. The molecular weight excluding hydrogens is 300 g/mol. The molecule has 1 aromatic rings. The van der Waals surface area contributed by atoms with Gasteiger partial charge in [0.1, 0.15) is 0 Å². The number of nitriles is 1. The normalized spacial score (nSPS) is 12.8. The van der Waals surface area contributed by atoms with Gasteiger partial charge in [-0.2, -0.15) is 5.26 Å². The summed E-state index contributed by atoms with van der Waals surface area (Å²) < 4.78 is 0. The summed E-state index contributed by atoms with van der Waals surface area (Å²) in [6, 6.07) is 12.6. The second-order valence-corrected chi connectivity index (χ2v) is 6.55. The van der Waals surface area contributed by atoms with Gasteiger partial charge >= 0.3 is 0 Å². The third-order valence-electron chi connectivity index (χ3n) is 3.47. The van der Waals surface area contributed by atoms with Crippen LogP contribution in [0.2, 0.25) is 0 Å². The van der Waals surface area contributed by atoms with E-state index in [0.29, 0.717) is 12.3 Å². The summed E-state index contributed by atoms with van der Waals surface area (Å²) in [7, 11) is 0. The van der Waals surface area contributed by atoms with E-state index in [4.69, 9.17) is 5.26 Å². The van der Waals surface area contributed by atoms with Crippen LogP contribution in [0.3, 0.4) is 0 Å². The monoisotopic (exact) mass is 322 g/mol. The summed E-state index contributed by atoms with van der Waals surface area (Å²) in [6.07, 6.45) is 0.564. The Balaban J connectivity index is 2.83. The lowest BCUT2D eigenvalue weighted by atomic mass is 9.81. The summed E-state index contributed by atoms with van der Waals surface area (Å²) in [5, 5.41) is 9.81. The molecule has 19 heavy (non-hydrogen) atoms. The summed E-state index contributed by atoms with van der Waals surface area (Å²) in [5.74, 6) is 0.548. The van der Waals surface area contributed by atoms with Gasteiger partial charge in [0, 0.05) is 24.1 Å². The molecule has 0 aliphatic carbocycles. The first-order chi connectivity index (χ1) is 8.99. The minimum absolute atomic E-state index is 0.253. The molecule has 0 saturated carbocycles. The Morgan fingerprint density at radius 3 is 2.37 bits per heavy atom. The molecule has 0 N–H and O–H groups in total. The van der Waals surface area contributed by atoms with Gasteiger partial charge in [-0.05, 0) is 23.5 Å². The lowest BCUT2D eigenvalue weighted by molar-refractivity contribution is 0.270.